The first-order chi connectivity index (χ1) is 20.4. The first-order valence-corrected chi connectivity index (χ1v) is 13.4. The topological polar surface area (TPSA) is 146 Å². The molecular formula is C31H26N4O7. The van der Waals surface area contributed by atoms with Crippen LogP contribution in [0, 0.1) is 6.92 Å². The molecule has 0 fully saturated rings. The average molecular weight is 567 g/mol. The molecule has 3 aromatic heterocycles. The Bertz CT molecular complexity index is 2010. The van der Waals surface area contributed by atoms with Crippen molar-refractivity contribution in [2.45, 2.75) is 39.8 Å². The lowest BCUT2D eigenvalue weighted by Crippen LogP contribution is -2.11. The molecule has 0 saturated carbocycles. The van der Waals surface area contributed by atoms with Crippen LogP contribution in [0.4, 0.5) is 0 Å². The summed E-state index contributed by atoms with van der Waals surface area (Å²) in [6.45, 7) is 3.90. The lowest BCUT2D eigenvalue weighted by molar-refractivity contribution is 0.0444. The van der Waals surface area contributed by atoms with Gasteiger partial charge < -0.3 is 18.1 Å². The summed E-state index contributed by atoms with van der Waals surface area (Å²) in [7, 11) is 0. The number of ether oxygens (including phenoxy) is 1. The number of aromatic nitrogens is 4. The molecule has 0 saturated heterocycles. The number of imidazole rings is 1. The number of carbonyl (C=O) groups excluding carboxylic acids is 1. The van der Waals surface area contributed by atoms with Crippen molar-refractivity contribution >= 4 is 17.0 Å². The van der Waals surface area contributed by atoms with Crippen LogP contribution in [0.2, 0.25) is 0 Å². The van der Waals surface area contributed by atoms with Crippen LogP contribution in [0.5, 0.6) is 0 Å². The third-order valence-corrected chi connectivity index (χ3v) is 6.94. The maximum absolute atomic E-state index is 13.2. The van der Waals surface area contributed by atoms with Gasteiger partial charge in [-0.1, -0.05) is 66.7 Å². The van der Waals surface area contributed by atoms with E-state index in [4.69, 9.17) is 23.1 Å². The quantitative estimate of drug-likeness (QED) is 0.232. The number of aromatic amines is 1. The third-order valence-electron chi connectivity index (χ3n) is 6.94. The van der Waals surface area contributed by atoms with E-state index < -0.39 is 17.5 Å². The Morgan fingerprint density at radius 2 is 1.76 bits per heavy atom. The molecule has 0 unspecified atom stereocenters. The first-order valence-electron chi connectivity index (χ1n) is 13.4. The lowest BCUT2D eigenvalue weighted by Gasteiger charge is -2.13. The highest BCUT2D eigenvalue weighted by Crippen LogP contribution is 2.30. The minimum Gasteiger partial charge on any atom is -0.454 e. The van der Waals surface area contributed by atoms with Gasteiger partial charge >= 0.3 is 17.5 Å². The first kappa shape index (κ1) is 26.8. The normalized spacial score (nSPS) is 11.3. The fourth-order valence-electron chi connectivity index (χ4n) is 4.96. The Balaban J connectivity index is 1.32. The summed E-state index contributed by atoms with van der Waals surface area (Å²) in [6.07, 6.45) is 1.60. The number of rotatable bonds is 9. The number of esters is 1. The van der Waals surface area contributed by atoms with Crippen molar-refractivity contribution in [1.82, 2.24) is 19.7 Å². The van der Waals surface area contributed by atoms with E-state index in [0.717, 1.165) is 40.9 Å². The fourth-order valence-corrected chi connectivity index (χ4v) is 4.96. The van der Waals surface area contributed by atoms with Crippen molar-refractivity contribution in [2.75, 3.05) is 0 Å². The molecule has 3 heterocycles. The van der Waals surface area contributed by atoms with Crippen LogP contribution >= 0.6 is 0 Å². The molecule has 1 N–H and O–H groups in total. The number of fused-ring (bicyclic) bond motifs is 1. The zero-order valence-corrected chi connectivity index (χ0v) is 22.9. The van der Waals surface area contributed by atoms with Crippen LogP contribution < -0.4 is 11.6 Å². The summed E-state index contributed by atoms with van der Waals surface area (Å²) in [5, 5.41) is 3.84. The molecule has 0 spiro atoms. The number of hydrogen-bond acceptors (Lipinski definition) is 9. The number of carbonyl (C=O) groups is 1. The predicted octanol–water partition coefficient (Wildman–Crippen LogP) is 5.26. The highest BCUT2D eigenvalue weighted by atomic mass is 16.6. The second-order valence-corrected chi connectivity index (χ2v) is 9.73. The van der Waals surface area contributed by atoms with E-state index in [1.807, 2.05) is 59.2 Å². The maximum Gasteiger partial charge on any atom is 0.519 e. The summed E-state index contributed by atoms with van der Waals surface area (Å²) < 4.78 is 22.1. The van der Waals surface area contributed by atoms with Gasteiger partial charge in [-0.05, 0) is 42.2 Å². The molecule has 0 aliphatic rings. The summed E-state index contributed by atoms with van der Waals surface area (Å²) in [4.78, 5) is 43.5. The molecule has 0 aliphatic heterocycles. The molecule has 212 valence electrons. The van der Waals surface area contributed by atoms with Crippen molar-refractivity contribution in [3.05, 3.63) is 116 Å². The van der Waals surface area contributed by atoms with Gasteiger partial charge in [0.2, 0.25) is 0 Å². The summed E-state index contributed by atoms with van der Waals surface area (Å²) in [5.41, 5.74) is 5.29. The molecule has 0 atom stereocenters. The van der Waals surface area contributed by atoms with Gasteiger partial charge in [-0.2, -0.15) is 0 Å². The molecular weight excluding hydrogens is 540 g/mol. The average Bonchev–Trinajstić information content (AvgIpc) is 3.68. The van der Waals surface area contributed by atoms with E-state index in [1.165, 1.54) is 0 Å². The van der Waals surface area contributed by atoms with E-state index in [-0.39, 0.29) is 18.1 Å². The van der Waals surface area contributed by atoms with Gasteiger partial charge in [0.05, 0.1) is 16.6 Å². The molecule has 0 amide bonds. The molecule has 3 aromatic carbocycles. The second-order valence-electron chi connectivity index (χ2n) is 9.73. The van der Waals surface area contributed by atoms with E-state index in [2.05, 4.69) is 17.1 Å². The number of nitrogens with zero attached hydrogens (tertiary/aromatic N) is 3. The smallest absolute Gasteiger partial charge is 0.454 e. The lowest BCUT2D eigenvalue weighted by atomic mass is 9.98. The van der Waals surface area contributed by atoms with Gasteiger partial charge in [-0.3, -0.25) is 9.51 Å². The highest BCUT2D eigenvalue weighted by molar-refractivity contribution is 6.02. The maximum atomic E-state index is 13.2. The van der Waals surface area contributed by atoms with Gasteiger partial charge in [-0.15, -0.1) is 0 Å². The Morgan fingerprint density at radius 3 is 2.45 bits per heavy atom. The summed E-state index contributed by atoms with van der Waals surface area (Å²) >= 11 is 0. The molecule has 0 aliphatic carbocycles. The highest BCUT2D eigenvalue weighted by Gasteiger charge is 2.21. The Morgan fingerprint density at radius 1 is 0.976 bits per heavy atom. The van der Waals surface area contributed by atoms with Crippen LogP contribution in [0.1, 0.15) is 46.6 Å². The number of H-pyrrole nitrogens is 1. The predicted molar refractivity (Wildman–Crippen MR) is 152 cm³/mol. The van der Waals surface area contributed by atoms with Crippen LogP contribution in [0.3, 0.4) is 0 Å². The fraction of sp³-hybridized carbons (Fsp3) is 0.194. The Kier molecular flexibility index (Phi) is 7.14. The van der Waals surface area contributed by atoms with Crippen molar-refractivity contribution < 1.29 is 22.9 Å². The summed E-state index contributed by atoms with van der Waals surface area (Å²) in [6, 6.07) is 21.0. The van der Waals surface area contributed by atoms with Crippen molar-refractivity contribution in [3.8, 4) is 22.5 Å². The van der Waals surface area contributed by atoms with Crippen molar-refractivity contribution in [2.24, 2.45) is 0 Å². The molecule has 6 aromatic rings. The minimum absolute atomic E-state index is 0.164. The van der Waals surface area contributed by atoms with E-state index in [1.54, 1.807) is 19.1 Å². The van der Waals surface area contributed by atoms with E-state index in [0.29, 0.717) is 29.0 Å². The van der Waals surface area contributed by atoms with Gasteiger partial charge in [0.25, 0.3) is 0 Å². The monoisotopic (exact) mass is 566 g/mol. The number of benzene rings is 3. The molecule has 42 heavy (non-hydrogen) atoms. The van der Waals surface area contributed by atoms with E-state index >= 15 is 0 Å². The number of aryl methyl sites for hydroxylation is 2. The van der Waals surface area contributed by atoms with Crippen molar-refractivity contribution in [1.29, 1.82) is 0 Å². The molecule has 11 nitrogen and oxygen atoms in total. The number of para-hydroxylation sites is 1. The standard InChI is InChI=1S/C31H26N4O7/c1-3-7-26-32-24-11-6-10-23(29(36)39-17-25-18(2)40-31(38)41-25)27(24)35(26)16-19-12-14-20(15-13-19)21-8-4-5-9-22(21)28-33-30(37)42-34-28/h4-6,8-15H,3,7,16-17H2,1-2H3,(H,33,34,37). The minimum atomic E-state index is -0.842. The van der Waals surface area contributed by atoms with Crippen LogP contribution in [0.15, 0.2) is 89.7 Å². The zero-order valence-electron chi connectivity index (χ0n) is 22.9. The second kappa shape index (κ2) is 11.2. The SMILES string of the molecule is CCCc1nc2cccc(C(=O)OCc3oc(=O)oc3C)c2n1Cc1ccc(-c2ccccc2-c2noc(=O)[nH]2)cc1. The van der Waals surface area contributed by atoms with Gasteiger partial charge in [0.15, 0.2) is 24.0 Å². The van der Waals surface area contributed by atoms with Gasteiger partial charge in [-0.25, -0.2) is 19.4 Å². The number of nitrogens with one attached hydrogen (secondary N) is 1. The Hall–Kier alpha value is -5.45. The molecule has 6 rings (SSSR count). The van der Waals surface area contributed by atoms with Crippen LogP contribution in [-0.2, 0) is 24.3 Å². The van der Waals surface area contributed by atoms with Crippen molar-refractivity contribution in [3.63, 3.8) is 0 Å². The molecule has 0 bridgehead atoms. The molecule has 11 heteroatoms. The van der Waals surface area contributed by atoms with Crippen LogP contribution in [0.25, 0.3) is 33.5 Å². The number of hydrogen-bond donors (Lipinski definition) is 1. The van der Waals surface area contributed by atoms with Gasteiger partial charge in [0.1, 0.15) is 5.82 Å². The zero-order chi connectivity index (χ0) is 29.2. The summed E-state index contributed by atoms with van der Waals surface area (Å²) in [5.74, 6) is -0.375. The van der Waals surface area contributed by atoms with Crippen LogP contribution in [-0.4, -0.2) is 25.7 Å². The third kappa shape index (κ3) is 5.19. The van der Waals surface area contributed by atoms with Gasteiger partial charge in [0, 0.05) is 18.5 Å². The Labute approximate surface area is 238 Å². The molecule has 0 radical (unpaired) electrons. The largest absolute Gasteiger partial charge is 0.519 e. The van der Waals surface area contributed by atoms with E-state index in [9.17, 15) is 14.4 Å².